The molecule has 33 heavy (non-hydrogen) atoms. The van der Waals surface area contributed by atoms with Crippen LogP contribution in [0.1, 0.15) is 27.9 Å². The second-order valence-electron chi connectivity index (χ2n) is 8.95. The number of hydrogen-bond donors (Lipinski definition) is 0. The van der Waals surface area contributed by atoms with Crippen molar-refractivity contribution in [2.75, 3.05) is 11.4 Å². The molecule has 6 rings (SSSR count). The number of halogens is 1. The van der Waals surface area contributed by atoms with Crippen LogP contribution in [0.2, 0.25) is 0 Å². The molecule has 0 atom stereocenters. The largest absolute Gasteiger partial charge is 0.350 e. The summed E-state index contributed by atoms with van der Waals surface area (Å²) in [5, 5.41) is 3.89. The number of hydrogen-bond acceptors (Lipinski definition) is 2. The molecule has 0 fully saturated rings. The fourth-order valence-corrected chi connectivity index (χ4v) is 5.20. The summed E-state index contributed by atoms with van der Waals surface area (Å²) in [6, 6.07) is 26.4. The molecule has 4 heteroatoms. The van der Waals surface area contributed by atoms with Crippen LogP contribution in [0.3, 0.4) is 0 Å². The van der Waals surface area contributed by atoms with Gasteiger partial charge in [-0.3, -0.25) is 0 Å². The van der Waals surface area contributed by atoms with Gasteiger partial charge in [-0.1, -0.05) is 60.7 Å². The maximum absolute atomic E-state index is 4.92. The van der Waals surface area contributed by atoms with Crippen LogP contribution in [0.5, 0.6) is 0 Å². The molecule has 166 valence electrons. The monoisotopic (exact) mass is 453 g/mol. The maximum Gasteiger partial charge on any atom is 0.153 e. The van der Waals surface area contributed by atoms with E-state index in [0.29, 0.717) is 0 Å². The average Bonchev–Trinajstić information content (AvgIpc) is 3.08. The number of pyridine rings is 1. The van der Waals surface area contributed by atoms with Crippen LogP contribution in [0.25, 0.3) is 21.7 Å². The van der Waals surface area contributed by atoms with Crippen molar-refractivity contribution >= 4 is 39.9 Å². The zero-order valence-electron chi connectivity index (χ0n) is 19.1. The third-order valence-corrected chi connectivity index (χ3v) is 7.11. The number of fused-ring (bicyclic) bond motifs is 3. The van der Waals surface area contributed by atoms with Gasteiger partial charge in [-0.2, -0.15) is 0 Å². The number of benzene rings is 3. The van der Waals surface area contributed by atoms with Gasteiger partial charge in [-0.25, -0.2) is 4.98 Å². The molecule has 0 bridgehead atoms. The van der Waals surface area contributed by atoms with Gasteiger partial charge in [0.1, 0.15) is 0 Å². The first kappa shape index (κ1) is 21.5. The number of aryl methyl sites for hydroxylation is 1. The van der Waals surface area contributed by atoms with Crippen molar-refractivity contribution in [2.24, 2.45) is 0 Å². The van der Waals surface area contributed by atoms with E-state index in [1.54, 1.807) is 0 Å². The lowest BCUT2D eigenvalue weighted by molar-refractivity contribution is 0.717. The minimum absolute atomic E-state index is 0. The van der Waals surface area contributed by atoms with Crippen molar-refractivity contribution < 1.29 is 0 Å². The lowest BCUT2D eigenvalue weighted by atomic mass is 10.00. The highest BCUT2D eigenvalue weighted by molar-refractivity contribution is 5.94. The Hall–Kier alpha value is -3.30. The lowest BCUT2D eigenvalue weighted by Crippen LogP contribution is -2.31. The van der Waals surface area contributed by atoms with E-state index < -0.39 is 0 Å². The molecule has 3 aromatic carbocycles. The summed E-state index contributed by atoms with van der Waals surface area (Å²) in [6.07, 6.45) is 3.04. The molecule has 3 nitrogen and oxygen atoms in total. The molecule has 3 heterocycles. The molecule has 0 saturated carbocycles. The Morgan fingerprint density at radius 3 is 2.45 bits per heavy atom. The molecule has 2 aromatic heterocycles. The summed E-state index contributed by atoms with van der Waals surface area (Å²) in [6.45, 7) is 7.25. The Labute approximate surface area is 201 Å². The van der Waals surface area contributed by atoms with Crippen molar-refractivity contribution in [3.05, 3.63) is 107 Å². The van der Waals surface area contributed by atoms with Crippen molar-refractivity contribution in [3.8, 4) is 0 Å². The molecule has 0 radical (unpaired) electrons. The van der Waals surface area contributed by atoms with Crippen molar-refractivity contribution in [3.63, 3.8) is 0 Å². The van der Waals surface area contributed by atoms with Crippen molar-refractivity contribution in [1.82, 2.24) is 9.55 Å². The minimum atomic E-state index is 0. The maximum atomic E-state index is 4.92. The predicted octanol–water partition coefficient (Wildman–Crippen LogP) is 6.84. The van der Waals surface area contributed by atoms with E-state index in [1.807, 2.05) is 6.20 Å². The summed E-state index contributed by atoms with van der Waals surface area (Å²) in [7, 11) is 0. The fourth-order valence-electron chi connectivity index (χ4n) is 5.20. The molecule has 0 amide bonds. The second kappa shape index (κ2) is 8.57. The second-order valence-corrected chi connectivity index (χ2v) is 8.95. The zero-order chi connectivity index (χ0) is 21.7. The van der Waals surface area contributed by atoms with E-state index in [0.717, 1.165) is 31.9 Å². The number of rotatable bonds is 3. The van der Waals surface area contributed by atoms with Crippen LogP contribution in [0.15, 0.2) is 79.0 Å². The molecular formula is C29H28ClN3. The van der Waals surface area contributed by atoms with Crippen LogP contribution in [-0.2, 0) is 19.5 Å². The van der Waals surface area contributed by atoms with E-state index in [2.05, 4.69) is 96.1 Å². The molecule has 5 aromatic rings. The normalized spacial score (nSPS) is 13.2. The summed E-state index contributed by atoms with van der Waals surface area (Å²) < 4.78 is 2.47. The summed E-state index contributed by atoms with van der Waals surface area (Å²) in [5.41, 5.74) is 8.13. The Bertz CT molecular complexity index is 1470. The van der Waals surface area contributed by atoms with E-state index >= 15 is 0 Å². The first-order valence-corrected chi connectivity index (χ1v) is 11.4. The molecule has 1 aliphatic rings. The van der Waals surface area contributed by atoms with Gasteiger partial charge in [-0.05, 0) is 65.4 Å². The standard InChI is InChI=1S/C29H27N3.ClH/c1-20-21(2)32(18-22-11-12-23-7-3-5-9-25(23)17-22)28-27(20)13-15-30-29(28)31-16-14-24-8-4-6-10-26(24)19-31;/h3-13,15,17H,14,16,18-19H2,1-2H3;1H. The molecule has 0 N–H and O–H groups in total. The van der Waals surface area contributed by atoms with E-state index in [9.17, 15) is 0 Å². The third-order valence-electron chi connectivity index (χ3n) is 7.11. The Morgan fingerprint density at radius 1 is 0.848 bits per heavy atom. The lowest BCUT2D eigenvalue weighted by Gasteiger charge is -2.30. The molecular weight excluding hydrogens is 426 g/mol. The molecule has 1 aliphatic heterocycles. The topological polar surface area (TPSA) is 21.1 Å². The van der Waals surface area contributed by atoms with E-state index in [4.69, 9.17) is 4.98 Å². The summed E-state index contributed by atoms with van der Waals surface area (Å²) >= 11 is 0. The minimum Gasteiger partial charge on any atom is -0.350 e. The first-order valence-electron chi connectivity index (χ1n) is 11.4. The van der Waals surface area contributed by atoms with E-state index in [1.165, 1.54) is 49.6 Å². The zero-order valence-corrected chi connectivity index (χ0v) is 19.9. The highest BCUT2D eigenvalue weighted by atomic mass is 35.5. The fraction of sp³-hybridized carbons (Fsp3) is 0.207. The van der Waals surface area contributed by atoms with Crippen LogP contribution in [0, 0.1) is 13.8 Å². The van der Waals surface area contributed by atoms with Gasteiger partial charge in [0, 0.05) is 36.9 Å². The van der Waals surface area contributed by atoms with Crippen molar-refractivity contribution in [1.29, 1.82) is 0 Å². The molecule has 0 aliphatic carbocycles. The molecule has 0 unspecified atom stereocenters. The van der Waals surface area contributed by atoms with Gasteiger partial charge >= 0.3 is 0 Å². The highest BCUT2D eigenvalue weighted by Gasteiger charge is 2.22. The third kappa shape index (κ3) is 3.67. The van der Waals surface area contributed by atoms with Gasteiger partial charge < -0.3 is 9.47 Å². The van der Waals surface area contributed by atoms with Gasteiger partial charge in [0.25, 0.3) is 0 Å². The quantitative estimate of drug-likeness (QED) is 0.298. The van der Waals surface area contributed by atoms with Crippen molar-refractivity contribution in [2.45, 2.75) is 33.4 Å². The van der Waals surface area contributed by atoms with Gasteiger partial charge in [0.05, 0.1) is 5.52 Å². The first-order chi connectivity index (χ1) is 15.7. The van der Waals surface area contributed by atoms with Crippen LogP contribution < -0.4 is 4.90 Å². The predicted molar refractivity (Wildman–Crippen MR) is 141 cm³/mol. The summed E-state index contributed by atoms with van der Waals surface area (Å²) in [4.78, 5) is 7.37. The molecule has 0 saturated heterocycles. The average molecular weight is 454 g/mol. The van der Waals surface area contributed by atoms with Gasteiger partial charge in [0.2, 0.25) is 0 Å². The molecule has 0 spiro atoms. The van der Waals surface area contributed by atoms with Gasteiger partial charge in [-0.15, -0.1) is 12.4 Å². The van der Waals surface area contributed by atoms with Crippen LogP contribution in [-0.4, -0.2) is 16.1 Å². The highest BCUT2D eigenvalue weighted by Crippen LogP contribution is 2.34. The SMILES string of the molecule is Cc1c(C)n(Cc2ccc3ccccc3c2)c2c(N3CCc4ccccc4C3)nccc12.Cl. The van der Waals surface area contributed by atoms with Gasteiger partial charge in [0.15, 0.2) is 5.82 Å². The number of anilines is 1. The Kier molecular flexibility index (Phi) is 5.59. The van der Waals surface area contributed by atoms with E-state index in [-0.39, 0.29) is 12.4 Å². The smallest absolute Gasteiger partial charge is 0.153 e. The Balaban J connectivity index is 0.00000228. The number of nitrogens with zero attached hydrogens (tertiary/aromatic N) is 3. The van der Waals surface area contributed by atoms with Crippen LogP contribution >= 0.6 is 12.4 Å². The number of aromatic nitrogens is 2. The summed E-state index contributed by atoms with van der Waals surface area (Å²) in [5.74, 6) is 1.11. The van der Waals surface area contributed by atoms with Crippen LogP contribution in [0.4, 0.5) is 5.82 Å². The Morgan fingerprint density at radius 2 is 1.61 bits per heavy atom.